The van der Waals surface area contributed by atoms with Gasteiger partial charge >= 0.3 is 0 Å². The summed E-state index contributed by atoms with van der Waals surface area (Å²) in [6.07, 6.45) is 0. The summed E-state index contributed by atoms with van der Waals surface area (Å²) in [5, 5.41) is 0. The molecule has 0 spiro atoms. The van der Waals surface area contributed by atoms with E-state index < -0.39 is 0 Å². The summed E-state index contributed by atoms with van der Waals surface area (Å²) in [5.41, 5.74) is 9.17. The topological polar surface area (TPSA) is 51.8 Å². The fourth-order valence-electron chi connectivity index (χ4n) is 1.44. The molecular formula is C11H11N3S. The second-order valence-electron chi connectivity index (χ2n) is 3.51. The van der Waals surface area contributed by atoms with Crippen molar-refractivity contribution in [2.24, 2.45) is 0 Å². The van der Waals surface area contributed by atoms with Crippen LogP contribution in [0.2, 0.25) is 0 Å². The molecular weight excluding hydrogens is 206 g/mol. The Morgan fingerprint density at radius 2 is 2.00 bits per heavy atom. The van der Waals surface area contributed by atoms with Gasteiger partial charge in [-0.3, -0.25) is 0 Å². The minimum Gasteiger partial charge on any atom is -0.382 e. The average molecular weight is 217 g/mol. The van der Waals surface area contributed by atoms with Crippen LogP contribution in [0.15, 0.2) is 18.2 Å². The van der Waals surface area contributed by atoms with Gasteiger partial charge < -0.3 is 5.73 Å². The van der Waals surface area contributed by atoms with Gasteiger partial charge in [-0.1, -0.05) is 18.3 Å². The molecule has 3 nitrogen and oxygen atoms in total. The van der Waals surface area contributed by atoms with Gasteiger partial charge in [0.2, 0.25) is 0 Å². The van der Waals surface area contributed by atoms with Crippen LogP contribution in [0.4, 0.5) is 5.82 Å². The van der Waals surface area contributed by atoms with Crippen molar-refractivity contribution in [3.8, 4) is 0 Å². The van der Waals surface area contributed by atoms with E-state index in [9.17, 15) is 0 Å². The quantitative estimate of drug-likeness (QED) is 0.588. The predicted molar refractivity (Wildman–Crippen MR) is 66.1 cm³/mol. The number of thiocarbonyl (C=S) groups is 1. The van der Waals surface area contributed by atoms with Gasteiger partial charge in [0.25, 0.3) is 0 Å². The summed E-state index contributed by atoms with van der Waals surface area (Å²) in [4.78, 5) is 9.34. The van der Waals surface area contributed by atoms with E-state index in [-0.39, 0.29) is 0 Å². The van der Waals surface area contributed by atoms with Crippen LogP contribution in [0, 0.1) is 6.92 Å². The second kappa shape index (κ2) is 3.55. The van der Waals surface area contributed by atoms with Crippen molar-refractivity contribution in [3.05, 3.63) is 29.5 Å². The normalized spacial score (nSPS) is 10.5. The van der Waals surface area contributed by atoms with E-state index in [1.54, 1.807) is 6.92 Å². The molecule has 76 valence electrons. The number of nitrogen functional groups attached to an aromatic ring is 1. The molecule has 4 heteroatoms. The molecule has 0 bridgehead atoms. The third-order valence-electron chi connectivity index (χ3n) is 2.18. The summed E-state index contributed by atoms with van der Waals surface area (Å²) < 4.78 is 0. The molecule has 0 aliphatic heterocycles. The Kier molecular flexibility index (Phi) is 2.36. The monoisotopic (exact) mass is 217 g/mol. The van der Waals surface area contributed by atoms with E-state index in [4.69, 9.17) is 18.0 Å². The second-order valence-corrected chi connectivity index (χ2v) is 4.12. The molecule has 0 radical (unpaired) electrons. The van der Waals surface area contributed by atoms with Gasteiger partial charge in [-0.2, -0.15) is 0 Å². The minimum absolute atomic E-state index is 0.403. The third kappa shape index (κ3) is 1.80. The number of hydrogen-bond donors (Lipinski definition) is 1. The number of hydrogen-bond acceptors (Lipinski definition) is 4. The number of aromatic nitrogens is 2. The van der Waals surface area contributed by atoms with E-state index in [1.807, 2.05) is 25.1 Å². The van der Waals surface area contributed by atoms with Crippen molar-refractivity contribution in [1.82, 2.24) is 9.97 Å². The number of aryl methyl sites for hydroxylation is 1. The Labute approximate surface area is 93.3 Å². The van der Waals surface area contributed by atoms with Gasteiger partial charge in [0.1, 0.15) is 5.69 Å². The number of anilines is 1. The van der Waals surface area contributed by atoms with Crippen LogP contribution in [0.3, 0.4) is 0 Å². The average Bonchev–Trinajstić information content (AvgIpc) is 2.15. The standard InChI is InChI=1S/C11H11N3S/c1-6-3-4-8-9(5-6)14-11(12)10(13-8)7(2)15/h3-5H,1-2H3,(H2,12,14). The van der Waals surface area contributed by atoms with Gasteiger partial charge in [-0.25, -0.2) is 9.97 Å². The van der Waals surface area contributed by atoms with Gasteiger partial charge in [0.15, 0.2) is 5.82 Å². The minimum atomic E-state index is 0.403. The number of benzene rings is 1. The van der Waals surface area contributed by atoms with Crippen LogP contribution in [-0.2, 0) is 0 Å². The molecule has 2 rings (SSSR count). The van der Waals surface area contributed by atoms with E-state index >= 15 is 0 Å². The van der Waals surface area contributed by atoms with Gasteiger partial charge in [-0.05, 0) is 31.5 Å². The van der Waals surface area contributed by atoms with Crippen molar-refractivity contribution in [2.45, 2.75) is 13.8 Å². The summed E-state index contributed by atoms with van der Waals surface area (Å²) in [5.74, 6) is 0.403. The van der Waals surface area contributed by atoms with Crippen molar-refractivity contribution in [2.75, 3.05) is 5.73 Å². The van der Waals surface area contributed by atoms with Crippen LogP contribution >= 0.6 is 12.2 Å². The molecule has 0 fully saturated rings. The lowest BCUT2D eigenvalue weighted by molar-refractivity contribution is 1.27. The van der Waals surface area contributed by atoms with Crippen LogP contribution in [0.1, 0.15) is 18.2 Å². The fraction of sp³-hybridized carbons (Fsp3) is 0.182. The zero-order valence-corrected chi connectivity index (χ0v) is 9.43. The zero-order chi connectivity index (χ0) is 11.0. The SMILES string of the molecule is CC(=S)c1nc2ccc(C)cc2nc1N. The third-order valence-corrected chi connectivity index (χ3v) is 2.37. The van der Waals surface area contributed by atoms with Gasteiger partial charge in [-0.15, -0.1) is 0 Å². The maximum absolute atomic E-state index is 5.78. The van der Waals surface area contributed by atoms with Crippen molar-refractivity contribution < 1.29 is 0 Å². The molecule has 1 aromatic heterocycles. The fourth-order valence-corrected chi connectivity index (χ4v) is 1.59. The van der Waals surface area contributed by atoms with Crippen molar-refractivity contribution >= 4 is 33.9 Å². The molecule has 2 aromatic rings. The first-order valence-corrected chi connectivity index (χ1v) is 5.03. The molecule has 0 saturated carbocycles. The highest BCUT2D eigenvalue weighted by molar-refractivity contribution is 7.80. The number of fused-ring (bicyclic) bond motifs is 1. The van der Waals surface area contributed by atoms with E-state index in [0.29, 0.717) is 16.4 Å². The summed E-state index contributed by atoms with van der Waals surface area (Å²) >= 11 is 5.06. The molecule has 1 heterocycles. The Bertz CT molecular complexity index is 549. The molecule has 0 unspecified atom stereocenters. The molecule has 2 N–H and O–H groups in total. The van der Waals surface area contributed by atoms with Gasteiger partial charge in [0, 0.05) is 4.86 Å². The number of nitrogens with two attached hydrogens (primary N) is 1. The summed E-state index contributed by atoms with van der Waals surface area (Å²) in [6, 6.07) is 5.88. The molecule has 0 atom stereocenters. The predicted octanol–water partition coefficient (Wildman–Crippen LogP) is 2.26. The van der Waals surface area contributed by atoms with E-state index in [1.165, 1.54) is 0 Å². The lowest BCUT2D eigenvalue weighted by atomic mass is 10.2. The number of nitrogens with zero attached hydrogens (tertiary/aromatic N) is 2. The van der Waals surface area contributed by atoms with E-state index in [2.05, 4.69) is 9.97 Å². The molecule has 15 heavy (non-hydrogen) atoms. The number of rotatable bonds is 1. The first-order valence-electron chi connectivity index (χ1n) is 4.63. The Balaban J connectivity index is 2.76. The summed E-state index contributed by atoms with van der Waals surface area (Å²) in [6.45, 7) is 3.81. The van der Waals surface area contributed by atoms with Crippen LogP contribution in [0.25, 0.3) is 11.0 Å². The highest BCUT2D eigenvalue weighted by atomic mass is 32.1. The van der Waals surface area contributed by atoms with Crippen LogP contribution in [-0.4, -0.2) is 14.8 Å². The lowest BCUT2D eigenvalue weighted by Gasteiger charge is -2.04. The van der Waals surface area contributed by atoms with E-state index in [0.717, 1.165) is 16.6 Å². The Hall–Kier alpha value is -1.55. The molecule has 0 saturated heterocycles. The highest BCUT2D eigenvalue weighted by Crippen LogP contribution is 2.16. The lowest BCUT2D eigenvalue weighted by Crippen LogP contribution is -2.05. The molecule has 1 aromatic carbocycles. The first kappa shape index (κ1) is 9.98. The molecule has 0 aliphatic rings. The van der Waals surface area contributed by atoms with Gasteiger partial charge in [0.05, 0.1) is 11.0 Å². The molecule has 0 aliphatic carbocycles. The molecule has 0 amide bonds. The Morgan fingerprint density at radius 1 is 1.27 bits per heavy atom. The van der Waals surface area contributed by atoms with Crippen molar-refractivity contribution in [1.29, 1.82) is 0 Å². The summed E-state index contributed by atoms with van der Waals surface area (Å²) in [7, 11) is 0. The van der Waals surface area contributed by atoms with Crippen molar-refractivity contribution in [3.63, 3.8) is 0 Å². The smallest absolute Gasteiger partial charge is 0.151 e. The Morgan fingerprint density at radius 3 is 2.67 bits per heavy atom. The largest absolute Gasteiger partial charge is 0.382 e. The first-order chi connectivity index (χ1) is 7.08. The highest BCUT2D eigenvalue weighted by Gasteiger charge is 2.07. The maximum atomic E-state index is 5.78. The van der Waals surface area contributed by atoms with Crippen LogP contribution in [0.5, 0.6) is 0 Å². The maximum Gasteiger partial charge on any atom is 0.151 e. The zero-order valence-electron chi connectivity index (χ0n) is 8.61. The van der Waals surface area contributed by atoms with Crippen LogP contribution < -0.4 is 5.73 Å².